The van der Waals surface area contributed by atoms with Crippen LogP contribution in [0.3, 0.4) is 0 Å². The summed E-state index contributed by atoms with van der Waals surface area (Å²) in [6.07, 6.45) is 0.534. The van der Waals surface area contributed by atoms with Crippen molar-refractivity contribution < 1.29 is 18.3 Å². The molecule has 1 atom stereocenters. The van der Waals surface area contributed by atoms with Crippen molar-refractivity contribution in [2.75, 3.05) is 26.5 Å². The first-order chi connectivity index (χ1) is 12.5. The molecule has 0 spiro atoms. The largest absolute Gasteiger partial charge is 0.491 e. The Balaban J connectivity index is 1.91. The molecule has 0 saturated heterocycles. The van der Waals surface area contributed by atoms with E-state index in [-0.39, 0.29) is 25.6 Å². The number of alkyl halides is 1. The van der Waals surface area contributed by atoms with Gasteiger partial charge in [0.25, 0.3) is 0 Å². The van der Waals surface area contributed by atoms with E-state index in [9.17, 15) is 8.78 Å². The van der Waals surface area contributed by atoms with Crippen LogP contribution in [0, 0.1) is 5.82 Å². The lowest BCUT2D eigenvalue weighted by Crippen LogP contribution is -2.38. The summed E-state index contributed by atoms with van der Waals surface area (Å²) in [4.78, 5) is 4.41. The summed E-state index contributed by atoms with van der Waals surface area (Å²) in [5, 5.41) is 0. The summed E-state index contributed by atoms with van der Waals surface area (Å²) in [7, 11) is 0. The maximum absolute atomic E-state index is 14.5. The highest BCUT2D eigenvalue weighted by molar-refractivity contribution is 5.82. The zero-order valence-electron chi connectivity index (χ0n) is 14.7. The molecule has 2 N–H and O–H groups in total. The molecular weight excluding hydrogens is 338 g/mol. The zero-order valence-corrected chi connectivity index (χ0v) is 14.7. The van der Waals surface area contributed by atoms with Crippen LogP contribution in [0.5, 0.6) is 5.75 Å². The summed E-state index contributed by atoms with van der Waals surface area (Å²) >= 11 is 0. The number of amidine groups is 1. The lowest BCUT2D eigenvalue weighted by atomic mass is 9.89. The van der Waals surface area contributed by atoms with Gasteiger partial charge in [0.2, 0.25) is 0 Å². The van der Waals surface area contributed by atoms with Crippen molar-refractivity contribution in [2.24, 2.45) is 10.7 Å². The SMILES string of the molecule is C[C@@]1(c2cc(Cc3ccccc3OCCF)ccc2F)COCC(N)=N1. The second kappa shape index (κ2) is 7.83. The van der Waals surface area contributed by atoms with Crippen molar-refractivity contribution in [3.63, 3.8) is 0 Å². The van der Waals surface area contributed by atoms with Gasteiger partial charge in [-0.05, 0) is 30.2 Å². The monoisotopic (exact) mass is 360 g/mol. The fraction of sp³-hybridized carbons (Fsp3) is 0.350. The lowest BCUT2D eigenvalue weighted by molar-refractivity contribution is 0.104. The van der Waals surface area contributed by atoms with Crippen LogP contribution in [0.4, 0.5) is 8.78 Å². The quantitative estimate of drug-likeness (QED) is 0.859. The van der Waals surface area contributed by atoms with Crippen LogP contribution in [0.15, 0.2) is 47.5 Å². The van der Waals surface area contributed by atoms with E-state index in [1.54, 1.807) is 25.1 Å². The van der Waals surface area contributed by atoms with Crippen LogP contribution in [0.25, 0.3) is 0 Å². The molecule has 0 saturated carbocycles. The smallest absolute Gasteiger partial charge is 0.128 e. The molecule has 0 aromatic heterocycles. The summed E-state index contributed by atoms with van der Waals surface area (Å²) in [6, 6.07) is 12.4. The third-order valence-corrected chi connectivity index (χ3v) is 4.34. The van der Waals surface area contributed by atoms with Gasteiger partial charge in [0.15, 0.2) is 0 Å². The Morgan fingerprint density at radius 1 is 1.27 bits per heavy atom. The van der Waals surface area contributed by atoms with Crippen molar-refractivity contribution in [1.29, 1.82) is 0 Å². The Labute approximate surface area is 151 Å². The van der Waals surface area contributed by atoms with Crippen molar-refractivity contribution >= 4 is 5.84 Å². The molecule has 3 rings (SSSR count). The van der Waals surface area contributed by atoms with Crippen LogP contribution < -0.4 is 10.5 Å². The van der Waals surface area contributed by atoms with Crippen LogP contribution in [0.2, 0.25) is 0 Å². The van der Waals surface area contributed by atoms with Crippen LogP contribution >= 0.6 is 0 Å². The van der Waals surface area contributed by atoms with Gasteiger partial charge in [-0.15, -0.1) is 0 Å². The number of hydrogen-bond donors (Lipinski definition) is 1. The van der Waals surface area contributed by atoms with Gasteiger partial charge < -0.3 is 15.2 Å². The first-order valence-electron chi connectivity index (χ1n) is 8.49. The van der Waals surface area contributed by atoms with Gasteiger partial charge >= 0.3 is 0 Å². The summed E-state index contributed by atoms with van der Waals surface area (Å²) in [6.45, 7) is 1.79. The molecule has 6 heteroatoms. The molecule has 2 aromatic carbocycles. The molecule has 1 heterocycles. The Morgan fingerprint density at radius 2 is 2.08 bits per heavy atom. The first kappa shape index (κ1) is 18.3. The average molecular weight is 360 g/mol. The molecule has 0 radical (unpaired) electrons. The highest BCUT2D eigenvalue weighted by atomic mass is 19.1. The molecule has 0 bridgehead atoms. The minimum Gasteiger partial charge on any atom is -0.491 e. The van der Waals surface area contributed by atoms with Crippen LogP contribution in [0.1, 0.15) is 23.6 Å². The number of hydrogen-bond acceptors (Lipinski definition) is 4. The minimum absolute atomic E-state index is 0.00901. The van der Waals surface area contributed by atoms with Gasteiger partial charge in [-0.3, -0.25) is 4.99 Å². The van der Waals surface area contributed by atoms with Crippen molar-refractivity contribution in [3.8, 4) is 5.75 Å². The molecule has 0 aliphatic carbocycles. The molecule has 4 nitrogen and oxygen atoms in total. The topological polar surface area (TPSA) is 56.8 Å². The molecule has 0 unspecified atom stereocenters. The molecule has 1 aliphatic heterocycles. The van der Waals surface area contributed by atoms with E-state index >= 15 is 0 Å². The van der Waals surface area contributed by atoms with E-state index in [2.05, 4.69) is 4.99 Å². The van der Waals surface area contributed by atoms with Crippen molar-refractivity contribution in [2.45, 2.75) is 18.9 Å². The van der Waals surface area contributed by atoms with Crippen LogP contribution in [-0.2, 0) is 16.7 Å². The maximum atomic E-state index is 14.5. The van der Waals surface area contributed by atoms with E-state index in [1.165, 1.54) is 6.07 Å². The van der Waals surface area contributed by atoms with Crippen molar-refractivity contribution in [1.82, 2.24) is 0 Å². The average Bonchev–Trinajstić information content (AvgIpc) is 2.62. The third-order valence-electron chi connectivity index (χ3n) is 4.34. The molecule has 26 heavy (non-hydrogen) atoms. The Morgan fingerprint density at radius 3 is 2.85 bits per heavy atom. The van der Waals surface area contributed by atoms with Gasteiger partial charge in [0.05, 0.1) is 6.61 Å². The number of aliphatic imine (C=N–C) groups is 1. The van der Waals surface area contributed by atoms with Gasteiger partial charge in [0.1, 0.15) is 42.8 Å². The molecule has 138 valence electrons. The summed E-state index contributed by atoms with van der Waals surface area (Å²) < 4.78 is 37.8. The zero-order chi connectivity index (χ0) is 18.6. The van der Waals surface area contributed by atoms with Crippen LogP contribution in [-0.4, -0.2) is 32.3 Å². The second-order valence-electron chi connectivity index (χ2n) is 6.51. The Kier molecular flexibility index (Phi) is 5.52. The number of benzene rings is 2. The molecular formula is C20H22F2N2O2. The van der Waals surface area contributed by atoms with Gasteiger partial charge in [-0.2, -0.15) is 0 Å². The number of rotatable bonds is 6. The standard InChI is InChI=1S/C20H22F2N2O2/c1-20(13-25-12-19(23)24-20)16-11-14(6-7-17(16)22)10-15-4-2-3-5-18(15)26-9-8-21/h2-7,11H,8-10,12-13H2,1H3,(H2,23,24)/t20-/m0/s1. The summed E-state index contributed by atoms with van der Waals surface area (Å²) in [5.41, 5.74) is 7.18. The number of para-hydroxylation sites is 1. The Bertz CT molecular complexity index is 810. The van der Waals surface area contributed by atoms with Crippen molar-refractivity contribution in [3.05, 3.63) is 65.0 Å². The molecule has 0 fully saturated rings. The predicted octanol–water partition coefficient (Wildman–Crippen LogP) is 3.37. The van der Waals surface area contributed by atoms with E-state index in [0.29, 0.717) is 23.6 Å². The second-order valence-corrected chi connectivity index (χ2v) is 6.51. The molecule has 1 aliphatic rings. The predicted molar refractivity (Wildman–Crippen MR) is 96.9 cm³/mol. The number of halogens is 2. The number of nitrogens with two attached hydrogens (primary N) is 1. The third kappa shape index (κ3) is 4.02. The number of nitrogens with zero attached hydrogens (tertiary/aromatic N) is 1. The van der Waals surface area contributed by atoms with Gasteiger partial charge in [0, 0.05) is 12.0 Å². The minimum atomic E-state index is -0.854. The van der Waals surface area contributed by atoms with Gasteiger partial charge in [-0.1, -0.05) is 30.3 Å². The van der Waals surface area contributed by atoms with E-state index in [4.69, 9.17) is 15.2 Å². The van der Waals surface area contributed by atoms with E-state index < -0.39 is 12.2 Å². The highest BCUT2D eigenvalue weighted by Crippen LogP contribution is 2.32. The van der Waals surface area contributed by atoms with E-state index in [1.807, 2.05) is 18.2 Å². The number of ether oxygens (including phenoxy) is 2. The normalized spacial score (nSPS) is 19.9. The van der Waals surface area contributed by atoms with Gasteiger partial charge in [-0.25, -0.2) is 8.78 Å². The first-order valence-corrected chi connectivity index (χ1v) is 8.49. The highest BCUT2D eigenvalue weighted by Gasteiger charge is 2.32. The summed E-state index contributed by atoms with van der Waals surface area (Å²) in [5.74, 6) is 0.638. The fourth-order valence-corrected chi connectivity index (χ4v) is 3.13. The maximum Gasteiger partial charge on any atom is 0.128 e. The lowest BCUT2D eigenvalue weighted by Gasteiger charge is -2.30. The molecule has 0 amide bonds. The van der Waals surface area contributed by atoms with E-state index in [0.717, 1.165) is 11.1 Å². The fourth-order valence-electron chi connectivity index (χ4n) is 3.13. The molecule has 2 aromatic rings. The Hall–Kier alpha value is -2.47.